The van der Waals surface area contributed by atoms with E-state index in [1.54, 1.807) is 0 Å². The minimum atomic E-state index is -0.393. The Morgan fingerprint density at radius 1 is 1.50 bits per heavy atom. The van der Waals surface area contributed by atoms with Gasteiger partial charge in [-0.05, 0) is 27.2 Å². The molecular weight excluding hydrogens is 288 g/mol. The molecule has 0 aromatic heterocycles. The van der Waals surface area contributed by atoms with Gasteiger partial charge in [0, 0.05) is 5.33 Å². The molecule has 12 heavy (non-hydrogen) atoms. The predicted octanol–water partition coefficient (Wildman–Crippen LogP) is 2.88. The molecule has 0 heterocycles. The maximum absolute atomic E-state index is 11.3. The molecule has 0 aliphatic rings. The molecule has 0 aliphatic heterocycles. The number of rotatable bonds is 3. The van der Waals surface area contributed by atoms with Gasteiger partial charge in [0.05, 0.1) is 0 Å². The average molecular weight is 302 g/mol. The maximum atomic E-state index is 11.3. The second kappa shape index (κ2) is 5.22. The van der Waals surface area contributed by atoms with Gasteiger partial charge in [-0.3, -0.25) is 4.79 Å². The molecule has 0 spiro atoms. The zero-order chi connectivity index (χ0) is 9.78. The highest BCUT2D eigenvalue weighted by Gasteiger charge is 2.21. The lowest BCUT2D eigenvalue weighted by Crippen LogP contribution is -2.29. The highest BCUT2D eigenvalue weighted by Crippen LogP contribution is 2.14. The highest BCUT2D eigenvalue weighted by atomic mass is 79.9. The Kier molecular flexibility index (Phi) is 5.41. The molecule has 0 aromatic rings. The number of alkyl halides is 2. The van der Waals surface area contributed by atoms with Crippen molar-refractivity contribution < 1.29 is 9.53 Å². The van der Waals surface area contributed by atoms with Gasteiger partial charge in [-0.15, -0.1) is 0 Å². The van der Waals surface area contributed by atoms with Crippen LogP contribution in [0.5, 0.6) is 0 Å². The fourth-order valence-electron chi connectivity index (χ4n) is 0.579. The molecular formula is C8H14Br2O2. The van der Waals surface area contributed by atoms with Crippen LogP contribution in [0.3, 0.4) is 0 Å². The molecule has 0 aromatic carbocycles. The zero-order valence-electron chi connectivity index (χ0n) is 7.56. The van der Waals surface area contributed by atoms with Gasteiger partial charge in [-0.2, -0.15) is 0 Å². The molecule has 2 nitrogen and oxygen atoms in total. The van der Waals surface area contributed by atoms with E-state index in [9.17, 15) is 4.79 Å². The van der Waals surface area contributed by atoms with Crippen LogP contribution in [0.15, 0.2) is 0 Å². The van der Waals surface area contributed by atoms with Gasteiger partial charge in [0.1, 0.15) is 10.4 Å². The number of hydrogen-bond acceptors (Lipinski definition) is 2. The van der Waals surface area contributed by atoms with E-state index in [1.165, 1.54) is 0 Å². The van der Waals surface area contributed by atoms with Gasteiger partial charge in [0.15, 0.2) is 0 Å². The first-order valence-corrected chi connectivity index (χ1v) is 5.83. The van der Waals surface area contributed by atoms with Crippen LogP contribution in [0.4, 0.5) is 0 Å². The lowest BCUT2D eigenvalue weighted by atomic mass is 10.2. The lowest BCUT2D eigenvalue weighted by molar-refractivity contribution is -0.153. The summed E-state index contributed by atoms with van der Waals surface area (Å²) in [5, 5.41) is 0.794. The number of esters is 1. The first-order valence-electron chi connectivity index (χ1n) is 3.79. The van der Waals surface area contributed by atoms with Crippen LogP contribution in [0.25, 0.3) is 0 Å². The van der Waals surface area contributed by atoms with Crippen LogP contribution >= 0.6 is 31.9 Å². The smallest absolute Gasteiger partial charge is 0.320 e. The van der Waals surface area contributed by atoms with Gasteiger partial charge in [-0.25, -0.2) is 0 Å². The summed E-state index contributed by atoms with van der Waals surface area (Å²) in [6, 6.07) is 0. The van der Waals surface area contributed by atoms with Crippen molar-refractivity contribution in [3.63, 3.8) is 0 Å². The van der Waals surface area contributed by atoms with E-state index in [4.69, 9.17) is 4.74 Å². The quantitative estimate of drug-likeness (QED) is 0.592. The second-order valence-electron chi connectivity index (χ2n) is 3.48. The molecule has 0 rings (SSSR count). The third kappa shape index (κ3) is 6.00. The van der Waals surface area contributed by atoms with Crippen molar-refractivity contribution in [3.8, 4) is 0 Å². The van der Waals surface area contributed by atoms with E-state index in [0.717, 1.165) is 11.8 Å². The molecule has 72 valence electrons. The fourth-order valence-corrected chi connectivity index (χ4v) is 1.97. The third-order valence-corrected chi connectivity index (χ3v) is 2.31. The lowest BCUT2D eigenvalue weighted by Gasteiger charge is -2.21. The monoisotopic (exact) mass is 300 g/mol. The molecule has 4 heteroatoms. The topological polar surface area (TPSA) is 26.3 Å². The first kappa shape index (κ1) is 12.4. The van der Waals surface area contributed by atoms with E-state index < -0.39 is 5.60 Å². The second-order valence-corrected chi connectivity index (χ2v) is 5.38. The average Bonchev–Trinajstić information content (AvgIpc) is 1.84. The highest BCUT2D eigenvalue weighted by molar-refractivity contribution is 9.10. The Balaban J connectivity index is 3.87. The summed E-state index contributed by atoms with van der Waals surface area (Å²) in [6.45, 7) is 5.58. The van der Waals surface area contributed by atoms with Crippen LogP contribution in [0, 0.1) is 0 Å². The SMILES string of the molecule is CC(C)(C)OC(=O)[C@H](Br)CCBr. The summed E-state index contributed by atoms with van der Waals surface area (Å²) in [5.41, 5.74) is -0.393. The van der Waals surface area contributed by atoms with E-state index in [0.29, 0.717) is 0 Å². The van der Waals surface area contributed by atoms with Crippen LogP contribution in [0.1, 0.15) is 27.2 Å². The summed E-state index contributed by atoms with van der Waals surface area (Å²) in [7, 11) is 0. The van der Waals surface area contributed by atoms with Gasteiger partial charge < -0.3 is 4.74 Å². The van der Waals surface area contributed by atoms with Crippen molar-refractivity contribution in [2.75, 3.05) is 5.33 Å². The van der Waals surface area contributed by atoms with E-state index in [2.05, 4.69) is 31.9 Å². The molecule has 0 saturated carbocycles. The molecule has 0 bridgehead atoms. The van der Waals surface area contributed by atoms with Crippen molar-refractivity contribution in [2.24, 2.45) is 0 Å². The standard InChI is InChI=1S/C8H14Br2O2/c1-8(2,3)12-7(11)6(10)4-5-9/h6H,4-5H2,1-3H3/t6-/m1/s1. The number of ether oxygens (including phenoxy) is 1. The normalized spacial score (nSPS) is 14.1. The molecule has 0 unspecified atom stereocenters. The Hall–Kier alpha value is 0.430. The summed E-state index contributed by atoms with van der Waals surface area (Å²) >= 11 is 6.51. The Labute approximate surface area is 90.3 Å². The fraction of sp³-hybridized carbons (Fsp3) is 0.875. The largest absolute Gasteiger partial charge is 0.459 e. The zero-order valence-corrected chi connectivity index (χ0v) is 10.7. The van der Waals surface area contributed by atoms with Crippen molar-refractivity contribution in [2.45, 2.75) is 37.6 Å². The Bertz CT molecular complexity index is 152. The minimum Gasteiger partial charge on any atom is -0.459 e. The first-order chi connectivity index (χ1) is 5.37. The van der Waals surface area contributed by atoms with Crippen molar-refractivity contribution in [1.29, 1.82) is 0 Å². The van der Waals surface area contributed by atoms with E-state index in [-0.39, 0.29) is 10.8 Å². The van der Waals surface area contributed by atoms with Crippen molar-refractivity contribution >= 4 is 37.8 Å². The van der Waals surface area contributed by atoms with Crippen LogP contribution in [-0.2, 0) is 9.53 Å². The molecule has 0 aliphatic carbocycles. The number of carbonyl (C=O) groups is 1. The van der Waals surface area contributed by atoms with Gasteiger partial charge in [-0.1, -0.05) is 31.9 Å². The van der Waals surface area contributed by atoms with Crippen LogP contribution < -0.4 is 0 Å². The minimum absolute atomic E-state index is 0.193. The molecule has 0 saturated heterocycles. The Morgan fingerprint density at radius 2 is 2.00 bits per heavy atom. The summed E-state index contributed by atoms with van der Waals surface area (Å²) in [4.78, 5) is 11.1. The molecule has 0 fully saturated rings. The predicted molar refractivity (Wildman–Crippen MR) is 57.0 cm³/mol. The van der Waals surface area contributed by atoms with Gasteiger partial charge in [0.2, 0.25) is 0 Å². The summed E-state index contributed by atoms with van der Waals surface area (Å²) in [6.07, 6.45) is 0.745. The van der Waals surface area contributed by atoms with Gasteiger partial charge in [0.25, 0.3) is 0 Å². The van der Waals surface area contributed by atoms with E-state index >= 15 is 0 Å². The number of carbonyl (C=O) groups excluding carboxylic acids is 1. The summed E-state index contributed by atoms with van der Waals surface area (Å²) in [5.74, 6) is -0.193. The molecule has 0 radical (unpaired) electrons. The molecule has 0 N–H and O–H groups in total. The number of halogens is 2. The van der Waals surface area contributed by atoms with Crippen molar-refractivity contribution in [1.82, 2.24) is 0 Å². The van der Waals surface area contributed by atoms with E-state index in [1.807, 2.05) is 20.8 Å². The van der Waals surface area contributed by atoms with Crippen LogP contribution in [0.2, 0.25) is 0 Å². The van der Waals surface area contributed by atoms with Gasteiger partial charge >= 0.3 is 5.97 Å². The third-order valence-electron chi connectivity index (χ3n) is 1.03. The number of hydrogen-bond donors (Lipinski definition) is 0. The van der Waals surface area contributed by atoms with Crippen LogP contribution in [-0.4, -0.2) is 21.7 Å². The maximum Gasteiger partial charge on any atom is 0.320 e. The Morgan fingerprint density at radius 3 is 2.33 bits per heavy atom. The summed E-state index contributed by atoms with van der Waals surface area (Å²) < 4.78 is 5.15. The molecule has 1 atom stereocenters. The molecule has 0 amide bonds. The van der Waals surface area contributed by atoms with Crippen molar-refractivity contribution in [3.05, 3.63) is 0 Å².